The quantitative estimate of drug-likeness (QED) is 0.786. The molecular formula is C15H23N5O3S. The van der Waals surface area contributed by atoms with Crippen molar-refractivity contribution in [2.75, 3.05) is 0 Å². The van der Waals surface area contributed by atoms with E-state index in [1.165, 1.54) is 6.20 Å². The summed E-state index contributed by atoms with van der Waals surface area (Å²) in [6, 6.07) is -0.346. The van der Waals surface area contributed by atoms with Crippen molar-refractivity contribution in [1.29, 1.82) is 0 Å². The molecule has 0 radical (unpaired) electrons. The largest absolute Gasteiger partial charge is 0.598 e. The molecule has 1 aliphatic heterocycles. The van der Waals surface area contributed by atoms with Crippen molar-refractivity contribution in [2.45, 2.75) is 57.9 Å². The number of amides is 1. The van der Waals surface area contributed by atoms with E-state index >= 15 is 0 Å². The van der Waals surface area contributed by atoms with E-state index < -0.39 is 21.7 Å². The predicted octanol–water partition coefficient (Wildman–Crippen LogP) is 1.18. The molecule has 1 amide bonds. The molecule has 0 fully saturated rings. The maximum atomic E-state index is 12.3. The number of carbonyl (C=O) groups is 1. The Bertz CT molecular complexity index is 657. The van der Waals surface area contributed by atoms with Crippen LogP contribution in [0, 0.1) is 0 Å². The van der Waals surface area contributed by atoms with E-state index in [2.05, 4.69) is 25.2 Å². The molecule has 0 aliphatic carbocycles. The van der Waals surface area contributed by atoms with Crippen LogP contribution in [0.15, 0.2) is 17.5 Å². The van der Waals surface area contributed by atoms with Gasteiger partial charge < -0.3 is 9.29 Å². The van der Waals surface area contributed by atoms with Gasteiger partial charge in [0, 0.05) is 23.8 Å². The zero-order chi connectivity index (χ0) is 18.1. The van der Waals surface area contributed by atoms with Crippen LogP contribution < -0.4 is 10.1 Å². The molecule has 1 aromatic heterocycles. The van der Waals surface area contributed by atoms with Crippen molar-refractivity contribution in [3.63, 3.8) is 0 Å². The molecule has 2 rings (SSSR count). The molecule has 0 aromatic carbocycles. The molecule has 9 heteroatoms. The molecule has 1 aliphatic rings. The number of hydrogen-bond donors (Lipinski definition) is 2. The average molecular weight is 353 g/mol. The van der Waals surface area contributed by atoms with Crippen molar-refractivity contribution < 1.29 is 14.1 Å². The molecule has 0 saturated carbocycles. The second kappa shape index (κ2) is 6.66. The van der Waals surface area contributed by atoms with Crippen LogP contribution in [0.1, 0.15) is 59.0 Å². The van der Waals surface area contributed by atoms with Gasteiger partial charge in [0.15, 0.2) is 5.60 Å². The first-order valence-electron chi connectivity index (χ1n) is 7.59. The van der Waals surface area contributed by atoms with E-state index in [9.17, 15) is 9.35 Å². The molecule has 0 spiro atoms. The van der Waals surface area contributed by atoms with Crippen molar-refractivity contribution in [3.05, 3.63) is 23.8 Å². The molecule has 0 bridgehead atoms. The van der Waals surface area contributed by atoms with Crippen LogP contribution in [-0.4, -0.2) is 36.7 Å². The maximum absolute atomic E-state index is 12.3. The van der Waals surface area contributed by atoms with E-state index in [1.807, 2.05) is 27.7 Å². The number of nitrogens with one attached hydrogen (secondary N) is 2. The standard InChI is InChI=1S/C15H23N5O3S/c1-9(20-24(22)14(2,3)4)10-11(17-8-7-16-10)12-18-19-13(21)15(5,6)23-12/h7-9,20H,1-6H3,(H,19,21). The second-order valence-corrected chi connectivity index (χ2v) is 8.98. The summed E-state index contributed by atoms with van der Waals surface area (Å²) in [5.74, 6) is -0.158. The highest BCUT2D eigenvalue weighted by Crippen LogP contribution is 2.23. The monoisotopic (exact) mass is 353 g/mol. The third-order valence-electron chi connectivity index (χ3n) is 3.34. The van der Waals surface area contributed by atoms with Crippen LogP contribution >= 0.6 is 0 Å². The van der Waals surface area contributed by atoms with Gasteiger partial charge in [-0.15, -0.1) is 9.82 Å². The van der Waals surface area contributed by atoms with E-state index in [1.54, 1.807) is 20.0 Å². The molecule has 24 heavy (non-hydrogen) atoms. The number of aromatic nitrogens is 2. The van der Waals surface area contributed by atoms with Gasteiger partial charge in [0.25, 0.3) is 11.8 Å². The number of rotatable bonds is 4. The van der Waals surface area contributed by atoms with Crippen molar-refractivity contribution in [3.8, 4) is 0 Å². The summed E-state index contributed by atoms with van der Waals surface area (Å²) >= 11 is -1.27. The second-order valence-electron chi connectivity index (χ2n) is 6.98. The Morgan fingerprint density at radius 1 is 1.33 bits per heavy atom. The van der Waals surface area contributed by atoms with Crippen LogP contribution in [0.2, 0.25) is 0 Å². The Kier molecular flexibility index (Phi) is 5.17. The van der Waals surface area contributed by atoms with E-state index in [4.69, 9.17) is 4.74 Å². The van der Waals surface area contributed by atoms with E-state index in [0.29, 0.717) is 11.4 Å². The Balaban J connectivity index is 2.30. The van der Waals surface area contributed by atoms with E-state index in [0.717, 1.165) is 0 Å². The lowest BCUT2D eigenvalue weighted by Gasteiger charge is -2.30. The fraction of sp³-hybridized carbons (Fsp3) is 0.600. The fourth-order valence-electron chi connectivity index (χ4n) is 1.87. The molecule has 2 unspecified atom stereocenters. The molecule has 1 aromatic rings. The number of hydrazone groups is 1. The lowest BCUT2D eigenvalue weighted by atomic mass is 10.1. The van der Waals surface area contributed by atoms with Crippen LogP contribution in [0.25, 0.3) is 0 Å². The Hall–Kier alpha value is -1.71. The van der Waals surface area contributed by atoms with Crippen LogP contribution in [0.4, 0.5) is 0 Å². The molecular weight excluding hydrogens is 330 g/mol. The first kappa shape index (κ1) is 18.6. The van der Waals surface area contributed by atoms with E-state index in [-0.39, 0.29) is 17.8 Å². The van der Waals surface area contributed by atoms with Crippen molar-refractivity contribution >= 4 is 23.2 Å². The van der Waals surface area contributed by atoms with Gasteiger partial charge in [-0.2, -0.15) is 0 Å². The smallest absolute Gasteiger partial charge is 0.283 e. The zero-order valence-corrected chi connectivity index (χ0v) is 15.5. The lowest BCUT2D eigenvalue weighted by molar-refractivity contribution is -0.136. The Morgan fingerprint density at radius 2 is 1.96 bits per heavy atom. The number of nitrogens with zero attached hydrogens (tertiary/aromatic N) is 3. The van der Waals surface area contributed by atoms with Crippen molar-refractivity contribution in [1.82, 2.24) is 20.1 Å². The number of ether oxygens (including phenoxy) is 1. The number of hydrogen-bond acceptors (Lipinski definition) is 7. The summed E-state index contributed by atoms with van der Waals surface area (Å²) in [5, 5.41) is 3.94. The topological polar surface area (TPSA) is 112 Å². The van der Waals surface area contributed by atoms with Gasteiger partial charge in [-0.3, -0.25) is 9.78 Å². The minimum absolute atomic E-state index is 0.179. The average Bonchev–Trinajstić information content (AvgIpc) is 2.49. The summed E-state index contributed by atoms with van der Waals surface area (Å²) < 4.78 is 20.6. The van der Waals surface area contributed by atoms with Gasteiger partial charge in [-0.1, -0.05) is 0 Å². The maximum Gasteiger partial charge on any atom is 0.283 e. The Labute approximate surface area is 144 Å². The fourth-order valence-corrected chi connectivity index (χ4v) is 2.66. The van der Waals surface area contributed by atoms with Crippen LogP contribution in [-0.2, 0) is 20.9 Å². The third-order valence-corrected chi connectivity index (χ3v) is 5.02. The highest BCUT2D eigenvalue weighted by molar-refractivity contribution is 7.90. The van der Waals surface area contributed by atoms with Gasteiger partial charge in [-0.25, -0.2) is 10.4 Å². The van der Waals surface area contributed by atoms with Crippen LogP contribution in [0.5, 0.6) is 0 Å². The minimum atomic E-state index is -1.27. The molecule has 8 nitrogen and oxygen atoms in total. The third kappa shape index (κ3) is 4.03. The first-order valence-corrected chi connectivity index (χ1v) is 8.74. The normalized spacial score (nSPS) is 19.8. The summed E-state index contributed by atoms with van der Waals surface area (Å²) in [5.41, 5.74) is 2.31. The van der Waals surface area contributed by atoms with Gasteiger partial charge in [0.05, 0.1) is 11.7 Å². The summed E-state index contributed by atoms with van der Waals surface area (Å²) in [4.78, 5) is 20.3. The molecule has 2 N–H and O–H groups in total. The SMILES string of the molecule is CC(N[S+]([O-])C(C)(C)C)c1nccnc1C1=NNC(=O)C(C)(C)O1. The van der Waals surface area contributed by atoms with Gasteiger partial charge in [-0.05, 0) is 41.5 Å². The highest BCUT2D eigenvalue weighted by atomic mass is 32.2. The molecule has 132 valence electrons. The van der Waals surface area contributed by atoms with Crippen LogP contribution in [0.3, 0.4) is 0 Å². The predicted molar refractivity (Wildman–Crippen MR) is 91.3 cm³/mol. The first-order chi connectivity index (χ1) is 11.0. The summed E-state index contributed by atoms with van der Waals surface area (Å²) in [6.45, 7) is 10.8. The van der Waals surface area contributed by atoms with Gasteiger partial charge in [0.2, 0.25) is 0 Å². The molecule has 2 heterocycles. The lowest BCUT2D eigenvalue weighted by Crippen LogP contribution is -2.49. The summed E-state index contributed by atoms with van der Waals surface area (Å²) in [7, 11) is 0. The summed E-state index contributed by atoms with van der Waals surface area (Å²) in [6.07, 6.45) is 3.06. The zero-order valence-electron chi connectivity index (χ0n) is 14.7. The molecule has 0 saturated heterocycles. The number of carbonyl (C=O) groups excluding carboxylic acids is 1. The minimum Gasteiger partial charge on any atom is -0.598 e. The Morgan fingerprint density at radius 3 is 2.54 bits per heavy atom. The van der Waals surface area contributed by atoms with Gasteiger partial charge in [0.1, 0.15) is 10.4 Å². The van der Waals surface area contributed by atoms with Gasteiger partial charge >= 0.3 is 0 Å². The van der Waals surface area contributed by atoms with Crippen molar-refractivity contribution in [2.24, 2.45) is 5.10 Å². The highest BCUT2D eigenvalue weighted by Gasteiger charge is 2.37. The molecule has 2 atom stereocenters.